The highest BCUT2D eigenvalue weighted by molar-refractivity contribution is 7.48. The average molecular weight is 312 g/mol. The van der Waals surface area contributed by atoms with Gasteiger partial charge in [0.2, 0.25) is 0 Å². The van der Waals surface area contributed by atoms with Crippen LogP contribution in [0.15, 0.2) is 25.3 Å². The summed E-state index contributed by atoms with van der Waals surface area (Å²) in [6.07, 6.45) is 9.37. The van der Waals surface area contributed by atoms with Crippen LogP contribution < -0.4 is 0 Å². The molecule has 4 aliphatic rings. The molecule has 5 heteroatoms. The Labute approximate surface area is 127 Å². The molecule has 118 valence electrons. The van der Waals surface area contributed by atoms with Crippen molar-refractivity contribution in [2.75, 3.05) is 13.2 Å². The monoisotopic (exact) mass is 312 g/mol. The first kappa shape index (κ1) is 15.5. The predicted octanol–water partition coefficient (Wildman–Crippen LogP) is 4.34. The van der Waals surface area contributed by atoms with E-state index in [2.05, 4.69) is 13.2 Å². The van der Waals surface area contributed by atoms with Gasteiger partial charge in [-0.15, -0.1) is 13.2 Å². The molecule has 4 fully saturated rings. The molecule has 4 aliphatic carbocycles. The highest BCUT2D eigenvalue weighted by Crippen LogP contribution is 2.60. The van der Waals surface area contributed by atoms with E-state index in [4.69, 9.17) is 13.6 Å². The molecular formula is C16H25O4P. The zero-order valence-corrected chi connectivity index (χ0v) is 13.4. The third-order valence-electron chi connectivity index (χ3n) is 5.09. The molecule has 4 rings (SSSR count). The number of hydrogen-bond acceptors (Lipinski definition) is 4. The maximum atomic E-state index is 12.8. The Bertz CT molecular complexity index is 404. The molecule has 0 radical (unpaired) electrons. The fourth-order valence-electron chi connectivity index (χ4n) is 4.58. The number of hydrogen-bond donors (Lipinski definition) is 0. The van der Waals surface area contributed by atoms with E-state index in [0.29, 0.717) is 11.8 Å². The van der Waals surface area contributed by atoms with Crippen molar-refractivity contribution < 1.29 is 18.1 Å². The summed E-state index contributed by atoms with van der Waals surface area (Å²) in [5.74, 6) is 2.76. The second-order valence-corrected chi connectivity index (χ2v) is 8.24. The number of rotatable bonds is 8. The van der Waals surface area contributed by atoms with Crippen molar-refractivity contribution in [2.45, 2.75) is 38.2 Å². The highest BCUT2D eigenvalue weighted by atomic mass is 31.2. The van der Waals surface area contributed by atoms with Crippen LogP contribution in [0.5, 0.6) is 0 Å². The maximum Gasteiger partial charge on any atom is 0.475 e. The van der Waals surface area contributed by atoms with Crippen LogP contribution in [0.1, 0.15) is 32.1 Å². The molecule has 4 bridgehead atoms. The molecule has 0 unspecified atom stereocenters. The van der Waals surface area contributed by atoms with Crippen LogP contribution in [0.4, 0.5) is 0 Å². The Hall–Kier alpha value is -0.410. The third-order valence-corrected chi connectivity index (χ3v) is 6.52. The van der Waals surface area contributed by atoms with Gasteiger partial charge in [-0.3, -0.25) is 13.6 Å². The molecule has 4 saturated carbocycles. The van der Waals surface area contributed by atoms with Crippen LogP contribution in [-0.4, -0.2) is 19.3 Å². The second kappa shape index (κ2) is 6.37. The van der Waals surface area contributed by atoms with Gasteiger partial charge in [0, 0.05) is 0 Å². The molecule has 0 aromatic rings. The summed E-state index contributed by atoms with van der Waals surface area (Å²) in [5.41, 5.74) is 0. The molecule has 0 amide bonds. The van der Waals surface area contributed by atoms with E-state index in [-0.39, 0.29) is 19.3 Å². The highest BCUT2D eigenvalue weighted by Gasteiger charge is 2.51. The van der Waals surface area contributed by atoms with Gasteiger partial charge in [0.25, 0.3) is 0 Å². The molecule has 0 spiro atoms. The van der Waals surface area contributed by atoms with Crippen molar-refractivity contribution in [3.05, 3.63) is 25.3 Å². The van der Waals surface area contributed by atoms with E-state index in [1.165, 1.54) is 32.1 Å². The van der Waals surface area contributed by atoms with Crippen molar-refractivity contribution in [3.63, 3.8) is 0 Å². The Kier molecular flexibility index (Phi) is 4.70. The first-order valence-corrected chi connectivity index (χ1v) is 9.39. The first-order valence-electron chi connectivity index (χ1n) is 7.93. The molecule has 4 nitrogen and oxygen atoms in total. The van der Waals surface area contributed by atoms with Gasteiger partial charge in [0.1, 0.15) is 0 Å². The van der Waals surface area contributed by atoms with E-state index in [9.17, 15) is 4.57 Å². The van der Waals surface area contributed by atoms with Gasteiger partial charge in [-0.05, 0) is 55.8 Å². The minimum atomic E-state index is -3.52. The number of phosphoric acid groups is 1. The molecule has 0 atom stereocenters. The predicted molar refractivity (Wildman–Crippen MR) is 81.8 cm³/mol. The van der Waals surface area contributed by atoms with Crippen molar-refractivity contribution >= 4 is 7.82 Å². The molecule has 0 aromatic carbocycles. The van der Waals surface area contributed by atoms with Crippen LogP contribution in [0, 0.1) is 23.7 Å². The minimum absolute atomic E-state index is 0.0262. The summed E-state index contributed by atoms with van der Waals surface area (Å²) in [4.78, 5) is 0. The SMILES string of the molecule is C=CCOP(=O)(OCC=C)OC1C2CC3CC(C2)CC1C3. The lowest BCUT2D eigenvalue weighted by Gasteiger charge is -2.53. The van der Waals surface area contributed by atoms with Gasteiger partial charge in [-0.25, -0.2) is 4.57 Å². The quantitative estimate of drug-likeness (QED) is 0.494. The van der Waals surface area contributed by atoms with Crippen molar-refractivity contribution in [1.29, 1.82) is 0 Å². The van der Waals surface area contributed by atoms with E-state index in [0.717, 1.165) is 11.8 Å². The fraction of sp³-hybridized carbons (Fsp3) is 0.750. The lowest BCUT2D eigenvalue weighted by atomic mass is 9.55. The normalized spacial score (nSPS) is 37.6. The molecule has 0 saturated heterocycles. The molecule has 21 heavy (non-hydrogen) atoms. The maximum absolute atomic E-state index is 12.8. The van der Waals surface area contributed by atoms with E-state index in [1.807, 2.05) is 0 Å². The second-order valence-electron chi connectivity index (χ2n) is 6.62. The van der Waals surface area contributed by atoms with Crippen molar-refractivity contribution in [1.82, 2.24) is 0 Å². The standard InChI is InChI=1S/C16H25O4P/c1-3-5-18-21(17,19-6-4-2)20-16-14-8-12-7-13(10-14)11-15(16)9-12/h3-4,12-16H,1-2,5-11H2. The Morgan fingerprint density at radius 2 is 1.38 bits per heavy atom. The summed E-state index contributed by atoms with van der Waals surface area (Å²) in [7, 11) is -3.52. The molecule has 0 heterocycles. The van der Waals surface area contributed by atoms with Gasteiger partial charge < -0.3 is 0 Å². The van der Waals surface area contributed by atoms with Gasteiger partial charge in [0.15, 0.2) is 0 Å². The van der Waals surface area contributed by atoms with Crippen molar-refractivity contribution in [3.8, 4) is 0 Å². The summed E-state index contributed by atoms with van der Waals surface area (Å²) >= 11 is 0. The minimum Gasteiger partial charge on any atom is -0.283 e. The zero-order valence-electron chi connectivity index (χ0n) is 12.5. The molecule has 0 aliphatic heterocycles. The number of phosphoric ester groups is 1. The van der Waals surface area contributed by atoms with Crippen LogP contribution in [0.25, 0.3) is 0 Å². The van der Waals surface area contributed by atoms with E-state index in [1.54, 1.807) is 12.2 Å². The van der Waals surface area contributed by atoms with E-state index < -0.39 is 7.82 Å². The van der Waals surface area contributed by atoms with Crippen LogP contribution in [-0.2, 0) is 18.1 Å². The third kappa shape index (κ3) is 3.34. The Morgan fingerprint density at radius 1 is 0.905 bits per heavy atom. The lowest BCUT2D eigenvalue weighted by molar-refractivity contribution is -0.0917. The zero-order chi connectivity index (χ0) is 14.9. The molecule has 0 N–H and O–H groups in total. The van der Waals surface area contributed by atoms with Crippen LogP contribution in [0.2, 0.25) is 0 Å². The van der Waals surface area contributed by atoms with Gasteiger partial charge in [-0.1, -0.05) is 12.2 Å². The van der Waals surface area contributed by atoms with Gasteiger partial charge in [0.05, 0.1) is 19.3 Å². The first-order chi connectivity index (χ1) is 10.1. The topological polar surface area (TPSA) is 44.8 Å². The van der Waals surface area contributed by atoms with Crippen molar-refractivity contribution in [2.24, 2.45) is 23.7 Å². The van der Waals surface area contributed by atoms with Crippen LogP contribution in [0.3, 0.4) is 0 Å². The summed E-state index contributed by atoms with van der Waals surface area (Å²) in [6, 6.07) is 0. The lowest BCUT2D eigenvalue weighted by Crippen LogP contribution is -2.49. The fourth-order valence-corrected chi connectivity index (χ4v) is 6.00. The van der Waals surface area contributed by atoms with E-state index >= 15 is 0 Å². The molecular weight excluding hydrogens is 287 g/mol. The summed E-state index contributed by atoms with van der Waals surface area (Å²) in [6.45, 7) is 7.51. The summed E-state index contributed by atoms with van der Waals surface area (Å²) in [5, 5.41) is 0. The van der Waals surface area contributed by atoms with Gasteiger partial charge in [-0.2, -0.15) is 0 Å². The smallest absolute Gasteiger partial charge is 0.283 e. The average Bonchev–Trinajstić information content (AvgIpc) is 2.46. The molecule has 0 aromatic heterocycles. The van der Waals surface area contributed by atoms with Gasteiger partial charge >= 0.3 is 7.82 Å². The Balaban J connectivity index is 1.68. The largest absolute Gasteiger partial charge is 0.475 e. The Morgan fingerprint density at radius 3 is 1.81 bits per heavy atom. The van der Waals surface area contributed by atoms with Crippen LogP contribution >= 0.6 is 7.82 Å². The summed E-state index contributed by atoms with van der Waals surface area (Å²) < 4.78 is 29.4.